The predicted molar refractivity (Wildman–Crippen MR) is 113 cm³/mol. The molecule has 1 aliphatic rings. The van der Waals surface area contributed by atoms with Crippen LogP contribution in [0, 0.1) is 0 Å². The van der Waals surface area contributed by atoms with Gasteiger partial charge in [0.05, 0.1) is 19.3 Å². The smallest absolute Gasteiger partial charge is 0.251 e. The van der Waals surface area contributed by atoms with Gasteiger partial charge in [0.1, 0.15) is 12.4 Å². The van der Waals surface area contributed by atoms with Crippen LogP contribution in [-0.4, -0.2) is 24.1 Å². The highest BCUT2D eigenvalue weighted by Gasteiger charge is 2.16. The Hall–Kier alpha value is -3.54. The molecule has 1 atom stereocenters. The molecule has 1 amide bonds. The minimum absolute atomic E-state index is 0.165. The maximum atomic E-state index is 12.8. The molecule has 1 N–H and O–H groups in total. The van der Waals surface area contributed by atoms with E-state index in [0.717, 1.165) is 29.0 Å². The summed E-state index contributed by atoms with van der Waals surface area (Å²) >= 11 is 0. The summed E-state index contributed by atoms with van der Waals surface area (Å²) in [4.78, 5) is 16.8. The van der Waals surface area contributed by atoms with Crippen LogP contribution in [-0.2, 0) is 6.61 Å². The Balaban J connectivity index is 1.40. The summed E-state index contributed by atoms with van der Waals surface area (Å²) in [6.45, 7) is 3.62. The quantitative estimate of drug-likeness (QED) is 0.663. The zero-order valence-electron chi connectivity index (χ0n) is 16.8. The van der Waals surface area contributed by atoms with Gasteiger partial charge in [0.2, 0.25) is 0 Å². The van der Waals surface area contributed by atoms with E-state index in [1.54, 1.807) is 24.5 Å². The molecule has 1 aliphatic heterocycles. The molecule has 6 nitrogen and oxygen atoms in total. The summed E-state index contributed by atoms with van der Waals surface area (Å²) in [5.41, 5.74) is 2.46. The van der Waals surface area contributed by atoms with Crippen molar-refractivity contribution in [3.63, 3.8) is 0 Å². The highest BCUT2D eigenvalue weighted by Crippen LogP contribution is 2.32. The number of hydrogen-bond acceptors (Lipinski definition) is 5. The van der Waals surface area contributed by atoms with Crippen LogP contribution in [0.2, 0.25) is 0 Å². The van der Waals surface area contributed by atoms with Crippen LogP contribution in [0.3, 0.4) is 0 Å². The van der Waals surface area contributed by atoms with Crippen LogP contribution >= 0.6 is 0 Å². The highest BCUT2D eigenvalue weighted by atomic mass is 16.5. The third-order valence-electron chi connectivity index (χ3n) is 4.84. The van der Waals surface area contributed by atoms with Gasteiger partial charge in [-0.25, -0.2) is 0 Å². The highest BCUT2D eigenvalue weighted by molar-refractivity contribution is 5.94. The van der Waals surface area contributed by atoms with Crippen molar-refractivity contribution < 1.29 is 19.0 Å². The standard InChI is InChI=1S/C24H24N2O4/c1-17(19-8-9-22-23(14-19)29-12-4-11-28-22)26-24(27)20-6-2-7-21(13-20)30-16-18-5-3-10-25-15-18/h2-3,5-10,13-15,17H,4,11-12,16H2,1H3,(H,26,27). The van der Waals surface area contributed by atoms with Crippen LogP contribution in [0.25, 0.3) is 0 Å². The number of benzene rings is 2. The van der Waals surface area contributed by atoms with Crippen LogP contribution in [0.1, 0.15) is 40.9 Å². The number of fused-ring (bicyclic) bond motifs is 1. The maximum absolute atomic E-state index is 12.8. The lowest BCUT2D eigenvalue weighted by molar-refractivity contribution is 0.0939. The van der Waals surface area contributed by atoms with Crippen molar-refractivity contribution in [2.45, 2.75) is 26.0 Å². The second kappa shape index (κ2) is 9.31. The molecule has 4 rings (SSSR count). The van der Waals surface area contributed by atoms with Crippen molar-refractivity contribution >= 4 is 5.91 Å². The number of aromatic nitrogens is 1. The maximum Gasteiger partial charge on any atom is 0.251 e. The molecule has 0 aliphatic carbocycles. The fourth-order valence-corrected chi connectivity index (χ4v) is 3.19. The van der Waals surface area contributed by atoms with Gasteiger partial charge in [0, 0.05) is 29.9 Å². The molecule has 0 bridgehead atoms. The normalized spacial score (nSPS) is 13.8. The van der Waals surface area contributed by atoms with E-state index >= 15 is 0 Å². The summed E-state index contributed by atoms with van der Waals surface area (Å²) in [6.07, 6.45) is 4.34. The van der Waals surface area contributed by atoms with Crippen LogP contribution < -0.4 is 19.5 Å². The zero-order valence-corrected chi connectivity index (χ0v) is 16.8. The number of nitrogens with zero attached hydrogens (tertiary/aromatic N) is 1. The third-order valence-corrected chi connectivity index (χ3v) is 4.84. The minimum Gasteiger partial charge on any atom is -0.490 e. The number of carbonyl (C=O) groups excluding carboxylic acids is 1. The molecule has 1 aromatic heterocycles. The third kappa shape index (κ3) is 4.89. The van der Waals surface area contributed by atoms with Crippen LogP contribution in [0.15, 0.2) is 67.0 Å². The second-order valence-corrected chi connectivity index (χ2v) is 7.13. The van der Waals surface area contributed by atoms with Gasteiger partial charge in [-0.2, -0.15) is 0 Å². The van der Waals surface area contributed by atoms with Gasteiger partial charge in [0.25, 0.3) is 5.91 Å². The Morgan fingerprint density at radius 3 is 2.80 bits per heavy atom. The van der Waals surface area contributed by atoms with Gasteiger partial charge in [-0.1, -0.05) is 18.2 Å². The topological polar surface area (TPSA) is 69.7 Å². The number of hydrogen-bond donors (Lipinski definition) is 1. The van der Waals surface area contributed by atoms with E-state index in [2.05, 4.69) is 10.3 Å². The molecule has 0 spiro atoms. The largest absolute Gasteiger partial charge is 0.490 e. The Morgan fingerprint density at radius 2 is 1.97 bits per heavy atom. The molecule has 30 heavy (non-hydrogen) atoms. The minimum atomic E-state index is -0.186. The summed E-state index contributed by atoms with van der Waals surface area (Å²) in [5.74, 6) is 1.93. The first-order chi connectivity index (χ1) is 14.7. The van der Waals surface area contributed by atoms with Gasteiger partial charge in [-0.3, -0.25) is 9.78 Å². The van der Waals surface area contributed by atoms with Crippen LogP contribution in [0.5, 0.6) is 17.2 Å². The fourth-order valence-electron chi connectivity index (χ4n) is 3.19. The molecule has 0 radical (unpaired) electrons. The number of pyridine rings is 1. The molecule has 3 aromatic rings. The number of carbonyl (C=O) groups is 1. The molecular weight excluding hydrogens is 380 g/mol. The van der Waals surface area contributed by atoms with Crippen molar-refractivity contribution in [2.75, 3.05) is 13.2 Å². The lowest BCUT2D eigenvalue weighted by atomic mass is 10.1. The first-order valence-electron chi connectivity index (χ1n) is 10.0. The van der Waals surface area contributed by atoms with Crippen molar-refractivity contribution in [3.05, 3.63) is 83.7 Å². The molecule has 0 saturated carbocycles. The molecule has 6 heteroatoms. The average molecular weight is 404 g/mol. The monoisotopic (exact) mass is 404 g/mol. The van der Waals surface area contributed by atoms with E-state index in [1.165, 1.54) is 0 Å². The first-order valence-corrected chi connectivity index (χ1v) is 10.0. The molecular formula is C24H24N2O4. The van der Waals surface area contributed by atoms with E-state index in [9.17, 15) is 4.79 Å². The van der Waals surface area contributed by atoms with Gasteiger partial charge in [-0.15, -0.1) is 0 Å². The lowest BCUT2D eigenvalue weighted by Gasteiger charge is -2.17. The van der Waals surface area contributed by atoms with E-state index < -0.39 is 0 Å². The Bertz CT molecular complexity index is 1010. The molecule has 154 valence electrons. The van der Waals surface area contributed by atoms with Crippen LogP contribution in [0.4, 0.5) is 0 Å². The van der Waals surface area contributed by atoms with Crippen molar-refractivity contribution in [3.8, 4) is 17.2 Å². The SMILES string of the molecule is CC(NC(=O)c1cccc(OCc2cccnc2)c1)c1ccc2c(c1)OCCCO2. The summed E-state index contributed by atoms with van der Waals surface area (Å²) in [6, 6.07) is 16.6. The Morgan fingerprint density at radius 1 is 1.10 bits per heavy atom. The molecule has 1 unspecified atom stereocenters. The second-order valence-electron chi connectivity index (χ2n) is 7.13. The molecule has 2 aromatic carbocycles. The predicted octanol–water partition coefficient (Wildman–Crippen LogP) is 4.31. The number of amides is 1. The van der Waals surface area contributed by atoms with E-state index in [4.69, 9.17) is 14.2 Å². The number of nitrogens with one attached hydrogen (secondary N) is 1. The zero-order chi connectivity index (χ0) is 20.8. The summed E-state index contributed by atoms with van der Waals surface area (Å²) < 4.78 is 17.2. The van der Waals surface area contributed by atoms with Crippen molar-refractivity contribution in [2.24, 2.45) is 0 Å². The number of ether oxygens (including phenoxy) is 3. The Labute approximate surface area is 175 Å². The van der Waals surface area contributed by atoms with Gasteiger partial charge in [0.15, 0.2) is 11.5 Å². The van der Waals surface area contributed by atoms with E-state index in [1.807, 2.05) is 49.4 Å². The van der Waals surface area contributed by atoms with E-state index in [-0.39, 0.29) is 11.9 Å². The van der Waals surface area contributed by atoms with Gasteiger partial charge in [-0.05, 0) is 48.9 Å². The first kappa shape index (κ1) is 19.8. The summed E-state index contributed by atoms with van der Waals surface area (Å²) in [5, 5.41) is 3.04. The van der Waals surface area contributed by atoms with Crippen molar-refractivity contribution in [1.29, 1.82) is 0 Å². The Kier molecular flexibility index (Phi) is 6.13. The van der Waals surface area contributed by atoms with E-state index in [0.29, 0.717) is 31.1 Å². The number of rotatable bonds is 6. The van der Waals surface area contributed by atoms with Crippen molar-refractivity contribution in [1.82, 2.24) is 10.3 Å². The van der Waals surface area contributed by atoms with Gasteiger partial charge >= 0.3 is 0 Å². The molecule has 0 fully saturated rings. The molecule has 0 saturated heterocycles. The van der Waals surface area contributed by atoms with Gasteiger partial charge < -0.3 is 19.5 Å². The summed E-state index contributed by atoms with van der Waals surface area (Å²) in [7, 11) is 0. The lowest BCUT2D eigenvalue weighted by Crippen LogP contribution is -2.26. The fraction of sp³-hybridized carbons (Fsp3) is 0.250. The molecule has 2 heterocycles. The average Bonchev–Trinajstić information content (AvgIpc) is 3.03.